The zero-order valence-electron chi connectivity index (χ0n) is 8.66. The number of hydrogen-bond donors (Lipinski definition) is 1. The fourth-order valence-electron chi connectivity index (χ4n) is 0.884. The van der Waals surface area contributed by atoms with Gasteiger partial charge in [0.25, 0.3) is 0 Å². The second kappa shape index (κ2) is 6.98. The normalized spacial score (nSPS) is 11.9. The van der Waals surface area contributed by atoms with E-state index in [2.05, 4.69) is 6.58 Å². The van der Waals surface area contributed by atoms with Crippen LogP contribution in [0.15, 0.2) is 12.2 Å². The minimum atomic E-state index is -1.38. The van der Waals surface area contributed by atoms with E-state index in [0.717, 1.165) is 0 Å². The molecule has 1 unspecified atom stereocenters. The van der Waals surface area contributed by atoms with Gasteiger partial charge in [0.1, 0.15) is 6.17 Å². The van der Waals surface area contributed by atoms with Gasteiger partial charge in [0.05, 0.1) is 13.0 Å². The summed E-state index contributed by atoms with van der Waals surface area (Å²) >= 11 is 0. The summed E-state index contributed by atoms with van der Waals surface area (Å²) in [5.74, 6) is -1.68. The van der Waals surface area contributed by atoms with E-state index in [1.807, 2.05) is 0 Å². The van der Waals surface area contributed by atoms with Crippen LogP contribution in [0.5, 0.6) is 0 Å². The molecule has 0 bridgehead atoms. The topological polar surface area (TPSA) is 63.6 Å². The van der Waals surface area contributed by atoms with Gasteiger partial charge in [-0.1, -0.05) is 6.58 Å². The highest BCUT2D eigenvalue weighted by atomic mass is 19.1. The minimum Gasteiger partial charge on any atom is -0.481 e. The number of carboxylic acids is 1. The Bertz CT molecular complexity index is 250. The summed E-state index contributed by atoms with van der Waals surface area (Å²) in [5, 5.41) is 8.26. The largest absolute Gasteiger partial charge is 0.481 e. The molecular formula is C10H15FO4. The van der Waals surface area contributed by atoms with Crippen LogP contribution in [0.25, 0.3) is 0 Å². The van der Waals surface area contributed by atoms with Crippen molar-refractivity contribution in [1.82, 2.24) is 0 Å². The van der Waals surface area contributed by atoms with E-state index in [1.165, 1.54) is 6.92 Å². The molecule has 86 valence electrons. The van der Waals surface area contributed by atoms with Crippen molar-refractivity contribution in [2.75, 3.05) is 6.61 Å². The monoisotopic (exact) mass is 218 g/mol. The molecule has 0 saturated carbocycles. The predicted octanol–water partition coefficient (Wildman–Crippen LogP) is 1.70. The molecule has 0 amide bonds. The Morgan fingerprint density at radius 3 is 2.60 bits per heavy atom. The summed E-state index contributed by atoms with van der Waals surface area (Å²) in [5.41, 5.74) is 0.289. The van der Waals surface area contributed by atoms with Gasteiger partial charge in [-0.15, -0.1) is 0 Å². The van der Waals surface area contributed by atoms with Crippen LogP contribution in [-0.2, 0) is 14.3 Å². The molecule has 1 N–H and O–H groups in total. The van der Waals surface area contributed by atoms with Crippen molar-refractivity contribution in [3.63, 3.8) is 0 Å². The third-order valence-electron chi connectivity index (χ3n) is 1.64. The lowest BCUT2D eigenvalue weighted by molar-refractivity contribution is -0.140. The first-order chi connectivity index (χ1) is 6.93. The van der Waals surface area contributed by atoms with Crippen molar-refractivity contribution < 1.29 is 23.8 Å². The van der Waals surface area contributed by atoms with Gasteiger partial charge in [0, 0.05) is 5.57 Å². The number of rotatable bonds is 7. The highest BCUT2D eigenvalue weighted by Gasteiger charge is 2.11. The van der Waals surface area contributed by atoms with Gasteiger partial charge in [0.2, 0.25) is 0 Å². The first-order valence-electron chi connectivity index (χ1n) is 4.62. The number of alkyl halides is 1. The van der Waals surface area contributed by atoms with Gasteiger partial charge in [-0.25, -0.2) is 9.18 Å². The van der Waals surface area contributed by atoms with Crippen molar-refractivity contribution >= 4 is 11.9 Å². The number of esters is 1. The molecule has 0 radical (unpaired) electrons. The quantitative estimate of drug-likeness (QED) is 0.401. The van der Waals surface area contributed by atoms with E-state index in [4.69, 9.17) is 9.84 Å². The summed E-state index contributed by atoms with van der Waals surface area (Å²) in [6.07, 6.45) is -1.50. The standard InChI is InChI=1S/C10H15FO4/c1-7(2)10(14)15-5-3-4-8(11)6-9(12)13/h8H,1,3-6H2,2H3,(H,12,13). The van der Waals surface area contributed by atoms with Crippen LogP contribution in [0.4, 0.5) is 4.39 Å². The second-order valence-electron chi connectivity index (χ2n) is 3.25. The van der Waals surface area contributed by atoms with Crippen molar-refractivity contribution in [2.45, 2.75) is 32.4 Å². The summed E-state index contributed by atoms with van der Waals surface area (Å²) in [4.78, 5) is 21.0. The van der Waals surface area contributed by atoms with E-state index in [1.54, 1.807) is 0 Å². The Labute approximate surface area is 87.7 Å². The SMILES string of the molecule is C=C(C)C(=O)OCCCC(F)CC(=O)O. The zero-order chi connectivity index (χ0) is 11.8. The first-order valence-corrected chi connectivity index (χ1v) is 4.62. The third-order valence-corrected chi connectivity index (χ3v) is 1.64. The van der Waals surface area contributed by atoms with Gasteiger partial charge >= 0.3 is 11.9 Å². The summed E-state index contributed by atoms with van der Waals surface area (Å²) in [7, 11) is 0. The van der Waals surface area contributed by atoms with Crippen LogP contribution in [0, 0.1) is 0 Å². The Morgan fingerprint density at radius 2 is 2.13 bits per heavy atom. The smallest absolute Gasteiger partial charge is 0.333 e. The molecule has 0 aliphatic heterocycles. The number of aliphatic carboxylic acids is 1. The average molecular weight is 218 g/mol. The summed E-state index contributed by atoms with van der Waals surface area (Å²) in [6.45, 7) is 4.99. The predicted molar refractivity (Wildman–Crippen MR) is 52.2 cm³/mol. The molecule has 5 heteroatoms. The van der Waals surface area contributed by atoms with Crippen molar-refractivity contribution in [2.24, 2.45) is 0 Å². The Morgan fingerprint density at radius 1 is 1.53 bits per heavy atom. The number of carbonyl (C=O) groups excluding carboxylic acids is 1. The number of hydrogen-bond acceptors (Lipinski definition) is 3. The van der Waals surface area contributed by atoms with Gasteiger partial charge in [-0.05, 0) is 19.8 Å². The van der Waals surface area contributed by atoms with Crippen LogP contribution in [-0.4, -0.2) is 29.8 Å². The maximum absolute atomic E-state index is 12.8. The maximum atomic E-state index is 12.8. The average Bonchev–Trinajstić information content (AvgIpc) is 2.10. The highest BCUT2D eigenvalue weighted by Crippen LogP contribution is 2.07. The molecule has 0 aliphatic carbocycles. The summed E-state index contributed by atoms with van der Waals surface area (Å²) in [6, 6.07) is 0. The minimum absolute atomic E-state index is 0.0791. The lowest BCUT2D eigenvalue weighted by Crippen LogP contribution is -2.11. The van der Waals surface area contributed by atoms with E-state index in [-0.39, 0.29) is 18.6 Å². The Balaban J connectivity index is 3.50. The van der Waals surface area contributed by atoms with Crippen molar-refractivity contribution in [3.05, 3.63) is 12.2 Å². The van der Waals surface area contributed by atoms with Gasteiger partial charge in [-0.2, -0.15) is 0 Å². The number of halogens is 1. The van der Waals surface area contributed by atoms with Crippen LogP contribution < -0.4 is 0 Å². The fourth-order valence-corrected chi connectivity index (χ4v) is 0.884. The first kappa shape index (κ1) is 13.6. The number of ether oxygens (including phenoxy) is 1. The molecule has 0 saturated heterocycles. The Kier molecular flexibility index (Phi) is 6.33. The van der Waals surface area contributed by atoms with E-state index >= 15 is 0 Å². The highest BCUT2D eigenvalue weighted by molar-refractivity contribution is 5.86. The van der Waals surface area contributed by atoms with E-state index in [9.17, 15) is 14.0 Å². The fraction of sp³-hybridized carbons (Fsp3) is 0.600. The molecule has 0 aromatic heterocycles. The third kappa shape index (κ3) is 7.66. The molecule has 0 fully saturated rings. The van der Waals surface area contributed by atoms with E-state index in [0.29, 0.717) is 6.42 Å². The van der Waals surface area contributed by atoms with Gasteiger partial charge < -0.3 is 9.84 Å². The number of carboxylic acid groups (broad SMARTS) is 1. The van der Waals surface area contributed by atoms with Crippen LogP contribution >= 0.6 is 0 Å². The van der Waals surface area contributed by atoms with Crippen molar-refractivity contribution in [1.29, 1.82) is 0 Å². The molecule has 0 aliphatic rings. The molecule has 0 spiro atoms. The molecule has 0 heterocycles. The van der Waals surface area contributed by atoms with Crippen molar-refractivity contribution in [3.8, 4) is 0 Å². The maximum Gasteiger partial charge on any atom is 0.333 e. The molecule has 0 aromatic carbocycles. The molecule has 15 heavy (non-hydrogen) atoms. The molecule has 0 rings (SSSR count). The van der Waals surface area contributed by atoms with Crippen LogP contribution in [0.3, 0.4) is 0 Å². The van der Waals surface area contributed by atoms with Crippen LogP contribution in [0.1, 0.15) is 26.2 Å². The molecule has 1 atom stereocenters. The van der Waals surface area contributed by atoms with E-state index < -0.39 is 24.5 Å². The second-order valence-corrected chi connectivity index (χ2v) is 3.25. The molecular weight excluding hydrogens is 203 g/mol. The van der Waals surface area contributed by atoms with Crippen LogP contribution in [0.2, 0.25) is 0 Å². The summed E-state index contributed by atoms with van der Waals surface area (Å²) < 4.78 is 17.5. The number of carbonyl (C=O) groups is 2. The Hall–Kier alpha value is -1.39. The lowest BCUT2D eigenvalue weighted by Gasteiger charge is -2.06. The molecule has 0 aromatic rings. The molecule has 4 nitrogen and oxygen atoms in total. The van der Waals surface area contributed by atoms with Gasteiger partial charge in [0.15, 0.2) is 0 Å². The zero-order valence-corrected chi connectivity index (χ0v) is 8.66. The lowest BCUT2D eigenvalue weighted by atomic mass is 10.2. The van der Waals surface area contributed by atoms with Gasteiger partial charge in [-0.3, -0.25) is 4.79 Å².